The Hall–Kier alpha value is -1.41. The van der Waals surface area contributed by atoms with Crippen molar-refractivity contribution in [2.75, 3.05) is 0 Å². The van der Waals surface area contributed by atoms with Crippen LogP contribution in [0.1, 0.15) is 11.1 Å². The molecule has 0 saturated carbocycles. The van der Waals surface area contributed by atoms with Gasteiger partial charge in [-0.1, -0.05) is 36.4 Å². The van der Waals surface area contributed by atoms with Gasteiger partial charge in [0.25, 0.3) is 0 Å². The second-order valence-electron chi connectivity index (χ2n) is 3.80. The SMILES string of the molecule is Cc1cccc(C)c1S(=O)c1ccccc1. The van der Waals surface area contributed by atoms with Gasteiger partial charge in [-0.2, -0.15) is 0 Å². The third-order valence-corrected chi connectivity index (χ3v) is 4.27. The van der Waals surface area contributed by atoms with Crippen molar-refractivity contribution in [2.45, 2.75) is 23.6 Å². The summed E-state index contributed by atoms with van der Waals surface area (Å²) < 4.78 is 12.4. The Balaban J connectivity index is 2.50. The molecule has 0 aromatic heterocycles. The van der Waals surface area contributed by atoms with E-state index < -0.39 is 10.8 Å². The van der Waals surface area contributed by atoms with Crippen LogP contribution < -0.4 is 0 Å². The lowest BCUT2D eigenvalue weighted by atomic mass is 10.2. The molecule has 2 heteroatoms. The topological polar surface area (TPSA) is 17.1 Å². The van der Waals surface area contributed by atoms with E-state index in [4.69, 9.17) is 0 Å². The molecule has 82 valence electrons. The van der Waals surface area contributed by atoms with Crippen LogP contribution in [0, 0.1) is 13.8 Å². The third-order valence-electron chi connectivity index (χ3n) is 2.55. The first-order valence-electron chi connectivity index (χ1n) is 5.23. The minimum absolute atomic E-state index is 0.861. The van der Waals surface area contributed by atoms with E-state index >= 15 is 0 Å². The summed E-state index contributed by atoms with van der Waals surface area (Å²) >= 11 is 0. The molecule has 0 fully saturated rings. The van der Waals surface area contributed by atoms with Crippen molar-refractivity contribution in [3.05, 3.63) is 59.7 Å². The van der Waals surface area contributed by atoms with Crippen molar-refractivity contribution in [1.29, 1.82) is 0 Å². The molecular formula is C14H14OS. The van der Waals surface area contributed by atoms with E-state index in [2.05, 4.69) is 0 Å². The maximum Gasteiger partial charge on any atom is 0.0854 e. The smallest absolute Gasteiger partial charge is 0.0854 e. The fourth-order valence-electron chi connectivity index (χ4n) is 1.75. The molecule has 16 heavy (non-hydrogen) atoms. The molecule has 0 amide bonds. The Bertz CT molecular complexity index is 497. The van der Waals surface area contributed by atoms with Gasteiger partial charge in [0.1, 0.15) is 0 Å². The van der Waals surface area contributed by atoms with E-state index in [1.165, 1.54) is 0 Å². The summed E-state index contributed by atoms with van der Waals surface area (Å²) in [6.45, 7) is 4.01. The molecule has 0 aliphatic carbocycles. The molecule has 0 aliphatic rings. The normalized spacial score (nSPS) is 12.4. The lowest BCUT2D eigenvalue weighted by Gasteiger charge is -2.09. The fraction of sp³-hybridized carbons (Fsp3) is 0.143. The summed E-state index contributed by atoms with van der Waals surface area (Å²) in [5, 5.41) is 0. The average Bonchev–Trinajstić information content (AvgIpc) is 2.30. The lowest BCUT2D eigenvalue weighted by molar-refractivity contribution is 0.682. The first-order valence-corrected chi connectivity index (χ1v) is 6.38. The molecule has 0 radical (unpaired) electrons. The van der Waals surface area contributed by atoms with E-state index in [1.807, 2.05) is 62.4 Å². The standard InChI is InChI=1S/C14H14OS/c1-11-7-6-8-12(2)14(11)16(15)13-9-4-3-5-10-13/h3-10H,1-2H3. The third kappa shape index (κ3) is 2.07. The highest BCUT2D eigenvalue weighted by molar-refractivity contribution is 7.85. The summed E-state index contributed by atoms with van der Waals surface area (Å²) in [5.74, 6) is 0. The monoisotopic (exact) mass is 230 g/mol. The Labute approximate surface area is 98.6 Å². The first-order chi connectivity index (χ1) is 7.70. The van der Waals surface area contributed by atoms with Crippen LogP contribution in [0.2, 0.25) is 0 Å². The summed E-state index contributed by atoms with van der Waals surface area (Å²) in [4.78, 5) is 1.80. The number of benzene rings is 2. The van der Waals surface area contributed by atoms with Crippen LogP contribution in [-0.4, -0.2) is 4.21 Å². The number of aryl methyl sites for hydroxylation is 2. The van der Waals surface area contributed by atoms with Crippen LogP contribution in [0.25, 0.3) is 0 Å². The molecule has 1 atom stereocenters. The quantitative estimate of drug-likeness (QED) is 0.772. The molecule has 2 rings (SSSR count). The zero-order chi connectivity index (χ0) is 11.5. The van der Waals surface area contributed by atoms with Crippen molar-refractivity contribution in [1.82, 2.24) is 0 Å². The van der Waals surface area contributed by atoms with Gasteiger partial charge in [-0.25, -0.2) is 4.21 Å². The molecule has 0 N–H and O–H groups in total. The van der Waals surface area contributed by atoms with E-state index in [0.29, 0.717) is 0 Å². The summed E-state index contributed by atoms with van der Waals surface area (Å²) in [6, 6.07) is 15.6. The number of hydrogen-bond donors (Lipinski definition) is 0. The van der Waals surface area contributed by atoms with E-state index in [-0.39, 0.29) is 0 Å². The van der Waals surface area contributed by atoms with Gasteiger partial charge in [-0.15, -0.1) is 0 Å². The maximum atomic E-state index is 12.4. The van der Waals surface area contributed by atoms with Gasteiger partial charge >= 0.3 is 0 Å². The van der Waals surface area contributed by atoms with E-state index in [0.717, 1.165) is 20.9 Å². The highest BCUT2D eigenvalue weighted by atomic mass is 32.2. The van der Waals surface area contributed by atoms with Gasteiger partial charge < -0.3 is 0 Å². The van der Waals surface area contributed by atoms with Gasteiger partial charge in [0.15, 0.2) is 0 Å². The van der Waals surface area contributed by atoms with Crippen LogP contribution in [0.4, 0.5) is 0 Å². The average molecular weight is 230 g/mol. The molecule has 0 heterocycles. The Morgan fingerprint density at radius 2 is 1.38 bits per heavy atom. The van der Waals surface area contributed by atoms with E-state index in [9.17, 15) is 4.21 Å². The molecule has 2 aromatic rings. The van der Waals surface area contributed by atoms with Crippen molar-refractivity contribution in [3.63, 3.8) is 0 Å². The van der Waals surface area contributed by atoms with Crippen LogP contribution in [0.5, 0.6) is 0 Å². The number of hydrogen-bond acceptors (Lipinski definition) is 1. The minimum Gasteiger partial charge on any atom is -0.249 e. The highest BCUT2D eigenvalue weighted by Gasteiger charge is 2.11. The summed E-state index contributed by atoms with van der Waals surface area (Å²) in [5.41, 5.74) is 2.17. The molecule has 2 aromatic carbocycles. The Morgan fingerprint density at radius 3 is 1.94 bits per heavy atom. The second kappa shape index (κ2) is 4.62. The van der Waals surface area contributed by atoms with Crippen molar-refractivity contribution in [3.8, 4) is 0 Å². The highest BCUT2D eigenvalue weighted by Crippen LogP contribution is 2.22. The molecule has 1 nitrogen and oxygen atoms in total. The Kier molecular flexibility index (Phi) is 3.20. The van der Waals surface area contributed by atoms with Crippen LogP contribution in [0.3, 0.4) is 0 Å². The fourth-order valence-corrected chi connectivity index (χ4v) is 3.11. The van der Waals surface area contributed by atoms with Gasteiger partial charge in [0.2, 0.25) is 0 Å². The van der Waals surface area contributed by atoms with Gasteiger partial charge in [-0.3, -0.25) is 0 Å². The second-order valence-corrected chi connectivity index (χ2v) is 5.22. The van der Waals surface area contributed by atoms with Gasteiger partial charge in [0, 0.05) is 9.79 Å². The molecular weight excluding hydrogens is 216 g/mol. The zero-order valence-electron chi connectivity index (χ0n) is 9.44. The van der Waals surface area contributed by atoms with Crippen molar-refractivity contribution < 1.29 is 4.21 Å². The molecule has 0 bridgehead atoms. The summed E-state index contributed by atoms with van der Waals surface area (Å²) in [7, 11) is -1.07. The zero-order valence-corrected chi connectivity index (χ0v) is 10.3. The number of rotatable bonds is 2. The molecule has 1 unspecified atom stereocenters. The predicted octanol–water partition coefficient (Wildman–Crippen LogP) is 3.47. The van der Waals surface area contributed by atoms with Crippen molar-refractivity contribution >= 4 is 10.8 Å². The maximum absolute atomic E-state index is 12.4. The van der Waals surface area contributed by atoms with E-state index in [1.54, 1.807) is 0 Å². The largest absolute Gasteiger partial charge is 0.249 e. The van der Waals surface area contributed by atoms with Gasteiger partial charge in [-0.05, 0) is 37.1 Å². The van der Waals surface area contributed by atoms with Crippen LogP contribution in [0.15, 0.2) is 58.3 Å². The first kappa shape index (κ1) is 11.1. The summed E-state index contributed by atoms with van der Waals surface area (Å²) in [6.07, 6.45) is 0. The lowest BCUT2D eigenvalue weighted by Crippen LogP contribution is -1.98. The van der Waals surface area contributed by atoms with Gasteiger partial charge in [0.05, 0.1) is 10.8 Å². The predicted molar refractivity (Wildman–Crippen MR) is 67.0 cm³/mol. The van der Waals surface area contributed by atoms with Crippen LogP contribution >= 0.6 is 0 Å². The molecule has 0 spiro atoms. The molecule has 0 aliphatic heterocycles. The van der Waals surface area contributed by atoms with Crippen LogP contribution in [-0.2, 0) is 10.8 Å². The molecule has 0 saturated heterocycles. The minimum atomic E-state index is -1.07. The Morgan fingerprint density at radius 1 is 0.812 bits per heavy atom. The van der Waals surface area contributed by atoms with Crippen molar-refractivity contribution in [2.24, 2.45) is 0 Å².